The van der Waals surface area contributed by atoms with E-state index in [4.69, 9.17) is 0 Å². The summed E-state index contributed by atoms with van der Waals surface area (Å²) in [5, 5.41) is 8.40. The van der Waals surface area contributed by atoms with Gasteiger partial charge in [0, 0.05) is 27.8 Å². The fourth-order valence-electron chi connectivity index (χ4n) is 1.10. The van der Waals surface area contributed by atoms with Crippen LogP contribution in [0.25, 0.3) is 0 Å². The number of aliphatic imine (C=N–C) groups is 1. The van der Waals surface area contributed by atoms with Crippen molar-refractivity contribution in [1.29, 1.82) is 0 Å². The molecule has 0 aromatic carbocycles. The predicted octanol–water partition coefficient (Wildman–Crippen LogP) is 3.37. The van der Waals surface area contributed by atoms with Crippen LogP contribution in [-0.4, -0.2) is 19.0 Å². The van der Waals surface area contributed by atoms with Crippen LogP contribution < -0.4 is 10.6 Å². The quantitative estimate of drug-likeness (QED) is 0.326. The van der Waals surface area contributed by atoms with Crippen molar-refractivity contribution in [3.05, 3.63) is 33.5 Å². The Morgan fingerprint density at radius 3 is 2.88 bits per heavy atom. The normalized spacial score (nSPS) is 10.6. The van der Waals surface area contributed by atoms with Crippen LogP contribution in [0.4, 0.5) is 0 Å². The summed E-state index contributed by atoms with van der Waals surface area (Å²) in [5.74, 6) is 0.826. The molecular weight excluding hydrogens is 413 g/mol. The van der Waals surface area contributed by atoms with Crippen molar-refractivity contribution in [2.24, 2.45) is 4.99 Å². The lowest BCUT2D eigenvalue weighted by Crippen LogP contribution is -2.37. The van der Waals surface area contributed by atoms with E-state index in [2.05, 4.69) is 49.6 Å². The van der Waals surface area contributed by atoms with E-state index in [0.717, 1.165) is 23.5 Å². The monoisotopic (exact) mass is 429 g/mol. The molecule has 0 saturated carbocycles. The van der Waals surface area contributed by atoms with Crippen molar-refractivity contribution in [1.82, 2.24) is 10.6 Å². The lowest BCUT2D eigenvalue weighted by atomic mass is 10.5. The van der Waals surface area contributed by atoms with E-state index in [1.165, 1.54) is 4.88 Å². The number of thiophene rings is 1. The van der Waals surface area contributed by atoms with E-state index >= 15 is 0 Å². The maximum Gasteiger partial charge on any atom is 0.191 e. The lowest BCUT2D eigenvalue weighted by molar-refractivity contribution is 0.863. The van der Waals surface area contributed by atoms with Crippen LogP contribution in [0.1, 0.15) is 11.8 Å². The number of guanidine groups is 1. The molecule has 0 fully saturated rings. The zero-order chi connectivity index (χ0) is 11.8. The summed E-state index contributed by atoms with van der Waals surface area (Å²) in [5.41, 5.74) is 0. The standard InChI is InChI=1S/C11H16BrN3S.HI/c1-3-5-14-11(13-4-2)15-7-10-6-9(12)8-16-10;/h3,6,8H,1,4-5,7H2,2H3,(H2,13,14,15);1H. The molecule has 17 heavy (non-hydrogen) atoms. The van der Waals surface area contributed by atoms with Gasteiger partial charge in [0.1, 0.15) is 0 Å². The fraction of sp³-hybridized carbons (Fsp3) is 0.364. The van der Waals surface area contributed by atoms with Crippen molar-refractivity contribution < 1.29 is 0 Å². The highest BCUT2D eigenvalue weighted by Gasteiger charge is 1.98. The third-order valence-electron chi connectivity index (χ3n) is 1.77. The smallest absolute Gasteiger partial charge is 0.191 e. The first-order chi connectivity index (χ1) is 7.76. The van der Waals surface area contributed by atoms with E-state index in [0.29, 0.717) is 6.54 Å². The van der Waals surface area contributed by atoms with E-state index in [1.54, 1.807) is 11.3 Å². The van der Waals surface area contributed by atoms with Crippen LogP contribution in [0.15, 0.2) is 33.6 Å². The van der Waals surface area contributed by atoms with Crippen molar-refractivity contribution >= 4 is 57.2 Å². The largest absolute Gasteiger partial charge is 0.357 e. The van der Waals surface area contributed by atoms with E-state index in [9.17, 15) is 0 Å². The van der Waals surface area contributed by atoms with Gasteiger partial charge in [-0.05, 0) is 28.9 Å². The summed E-state index contributed by atoms with van der Waals surface area (Å²) < 4.78 is 1.12. The Morgan fingerprint density at radius 1 is 1.59 bits per heavy atom. The van der Waals surface area contributed by atoms with Crippen molar-refractivity contribution in [2.45, 2.75) is 13.5 Å². The van der Waals surface area contributed by atoms with Crippen LogP contribution in [0.5, 0.6) is 0 Å². The summed E-state index contributed by atoms with van der Waals surface area (Å²) in [6.07, 6.45) is 1.81. The van der Waals surface area contributed by atoms with Gasteiger partial charge in [-0.1, -0.05) is 6.08 Å². The van der Waals surface area contributed by atoms with Gasteiger partial charge in [0.15, 0.2) is 5.96 Å². The summed E-state index contributed by atoms with van der Waals surface area (Å²) in [7, 11) is 0. The minimum Gasteiger partial charge on any atom is -0.357 e. The van der Waals surface area contributed by atoms with Gasteiger partial charge in [0.25, 0.3) is 0 Å². The van der Waals surface area contributed by atoms with E-state index in [-0.39, 0.29) is 24.0 Å². The fourth-order valence-corrected chi connectivity index (χ4v) is 2.48. The average molecular weight is 430 g/mol. The highest BCUT2D eigenvalue weighted by Crippen LogP contribution is 2.20. The van der Waals surface area contributed by atoms with Crippen LogP contribution in [-0.2, 0) is 6.54 Å². The SMILES string of the molecule is C=CCNC(=NCc1cc(Br)cs1)NCC.I. The third kappa shape index (κ3) is 7.05. The van der Waals surface area contributed by atoms with Crippen molar-refractivity contribution in [3.63, 3.8) is 0 Å². The summed E-state index contributed by atoms with van der Waals surface area (Å²) >= 11 is 5.13. The number of rotatable bonds is 5. The Bertz CT molecular complexity index is 365. The number of nitrogens with one attached hydrogen (secondary N) is 2. The Labute approximate surface area is 132 Å². The number of hydrogen-bond acceptors (Lipinski definition) is 2. The molecule has 0 radical (unpaired) electrons. The molecule has 6 heteroatoms. The van der Waals surface area contributed by atoms with Crippen LogP contribution in [0.3, 0.4) is 0 Å². The minimum absolute atomic E-state index is 0. The third-order valence-corrected chi connectivity index (χ3v) is 3.46. The molecule has 0 aliphatic carbocycles. The molecule has 0 amide bonds. The Balaban J connectivity index is 0.00000256. The molecule has 0 atom stereocenters. The van der Waals surface area contributed by atoms with Crippen LogP contribution >= 0.6 is 51.2 Å². The molecule has 1 aromatic heterocycles. The zero-order valence-electron chi connectivity index (χ0n) is 9.70. The average Bonchev–Trinajstić information content (AvgIpc) is 2.68. The van der Waals surface area contributed by atoms with Gasteiger partial charge < -0.3 is 10.6 Å². The molecule has 1 aromatic rings. The topological polar surface area (TPSA) is 36.4 Å². The Morgan fingerprint density at radius 2 is 2.35 bits per heavy atom. The first-order valence-electron chi connectivity index (χ1n) is 5.12. The molecule has 0 aliphatic rings. The second kappa shape index (κ2) is 9.90. The molecular formula is C11H17BrIN3S. The highest BCUT2D eigenvalue weighted by atomic mass is 127. The first-order valence-corrected chi connectivity index (χ1v) is 6.79. The molecule has 1 rings (SSSR count). The molecule has 0 aliphatic heterocycles. The van der Waals surface area contributed by atoms with Gasteiger partial charge in [0.2, 0.25) is 0 Å². The Hall–Kier alpha value is -0.0800. The molecule has 0 spiro atoms. The zero-order valence-corrected chi connectivity index (χ0v) is 14.4. The molecule has 0 unspecified atom stereocenters. The van der Waals surface area contributed by atoms with Gasteiger partial charge in [-0.2, -0.15) is 0 Å². The van der Waals surface area contributed by atoms with Gasteiger partial charge in [0.05, 0.1) is 6.54 Å². The maximum absolute atomic E-state index is 4.47. The summed E-state index contributed by atoms with van der Waals surface area (Å²) in [6.45, 7) is 7.99. The molecule has 96 valence electrons. The van der Waals surface area contributed by atoms with Crippen molar-refractivity contribution in [3.8, 4) is 0 Å². The molecule has 1 heterocycles. The molecule has 2 N–H and O–H groups in total. The van der Waals surface area contributed by atoms with E-state index in [1.807, 2.05) is 13.0 Å². The Kier molecular flexibility index (Phi) is 9.85. The molecule has 3 nitrogen and oxygen atoms in total. The summed E-state index contributed by atoms with van der Waals surface area (Å²) in [4.78, 5) is 5.71. The first kappa shape index (κ1) is 16.9. The second-order valence-corrected chi connectivity index (χ2v) is 5.01. The van der Waals surface area contributed by atoms with Crippen LogP contribution in [0, 0.1) is 0 Å². The highest BCUT2D eigenvalue weighted by molar-refractivity contribution is 14.0. The second-order valence-electron chi connectivity index (χ2n) is 3.10. The van der Waals surface area contributed by atoms with Crippen molar-refractivity contribution in [2.75, 3.05) is 13.1 Å². The maximum atomic E-state index is 4.47. The van der Waals surface area contributed by atoms with Gasteiger partial charge in [-0.15, -0.1) is 41.9 Å². The van der Waals surface area contributed by atoms with Gasteiger partial charge in [-0.25, -0.2) is 4.99 Å². The number of nitrogens with zero attached hydrogens (tertiary/aromatic N) is 1. The van der Waals surface area contributed by atoms with Crippen LogP contribution in [0.2, 0.25) is 0 Å². The lowest BCUT2D eigenvalue weighted by Gasteiger charge is -2.08. The van der Waals surface area contributed by atoms with Gasteiger partial charge in [-0.3, -0.25) is 0 Å². The van der Waals surface area contributed by atoms with E-state index < -0.39 is 0 Å². The predicted molar refractivity (Wildman–Crippen MR) is 90.4 cm³/mol. The van der Waals surface area contributed by atoms with Gasteiger partial charge >= 0.3 is 0 Å². The summed E-state index contributed by atoms with van der Waals surface area (Å²) in [6, 6.07) is 2.09. The molecule has 0 saturated heterocycles. The number of hydrogen-bond donors (Lipinski definition) is 2. The number of halogens is 2. The molecule has 0 bridgehead atoms. The minimum atomic E-state index is 0.